The van der Waals surface area contributed by atoms with Gasteiger partial charge in [0.15, 0.2) is 0 Å². The lowest BCUT2D eigenvalue weighted by Crippen LogP contribution is -2.31. The lowest BCUT2D eigenvalue weighted by Gasteiger charge is -2.30. The number of anilines is 3. The van der Waals surface area contributed by atoms with Crippen LogP contribution in [0.5, 0.6) is 11.5 Å². The number of ether oxygens (including phenoxy) is 2. The molecule has 1 saturated heterocycles. The van der Waals surface area contributed by atoms with Gasteiger partial charge >= 0.3 is 0 Å². The zero-order chi connectivity index (χ0) is 24.8. The molecule has 0 atom stereocenters. The van der Waals surface area contributed by atoms with Gasteiger partial charge in [-0.2, -0.15) is 0 Å². The predicted octanol–water partition coefficient (Wildman–Crippen LogP) is 4.75. The van der Waals surface area contributed by atoms with Crippen molar-refractivity contribution >= 4 is 33.0 Å². The summed E-state index contributed by atoms with van der Waals surface area (Å²) >= 11 is 0. The Morgan fingerprint density at radius 2 is 1.51 bits per heavy atom. The molecular weight excluding hydrogens is 466 g/mol. The van der Waals surface area contributed by atoms with Crippen LogP contribution in [0.1, 0.15) is 29.6 Å². The van der Waals surface area contributed by atoms with Crippen LogP contribution in [0.3, 0.4) is 0 Å². The fourth-order valence-electron chi connectivity index (χ4n) is 4.16. The monoisotopic (exact) mass is 495 g/mol. The van der Waals surface area contributed by atoms with Crippen LogP contribution in [0.25, 0.3) is 0 Å². The number of benzene rings is 3. The lowest BCUT2D eigenvalue weighted by molar-refractivity contribution is 0.102. The van der Waals surface area contributed by atoms with Gasteiger partial charge in [0.2, 0.25) is 0 Å². The Labute approximate surface area is 205 Å². The SMILES string of the molecule is COc1ccccc1NS(=O)(=O)c1cc(NC(=O)c2ccccc2OC)ccc1N1CCCCC1. The number of para-hydroxylation sites is 3. The Hall–Kier alpha value is -3.72. The van der Waals surface area contributed by atoms with E-state index in [4.69, 9.17) is 9.47 Å². The quantitative estimate of drug-likeness (QED) is 0.468. The summed E-state index contributed by atoms with van der Waals surface area (Å²) in [5.41, 5.74) is 1.65. The Morgan fingerprint density at radius 3 is 2.23 bits per heavy atom. The molecule has 1 fully saturated rings. The number of sulfonamides is 1. The maximum Gasteiger partial charge on any atom is 0.264 e. The van der Waals surface area contributed by atoms with Crippen molar-refractivity contribution in [2.45, 2.75) is 24.2 Å². The van der Waals surface area contributed by atoms with Crippen molar-refractivity contribution in [2.24, 2.45) is 0 Å². The van der Waals surface area contributed by atoms with Gasteiger partial charge < -0.3 is 19.7 Å². The van der Waals surface area contributed by atoms with Crippen LogP contribution < -0.4 is 24.4 Å². The highest BCUT2D eigenvalue weighted by Gasteiger charge is 2.25. The minimum Gasteiger partial charge on any atom is -0.496 e. The van der Waals surface area contributed by atoms with Gasteiger partial charge in [-0.1, -0.05) is 24.3 Å². The van der Waals surface area contributed by atoms with Crippen LogP contribution in [-0.4, -0.2) is 41.6 Å². The smallest absolute Gasteiger partial charge is 0.264 e. The molecule has 35 heavy (non-hydrogen) atoms. The number of rotatable bonds is 8. The fourth-order valence-corrected chi connectivity index (χ4v) is 5.49. The number of piperidine rings is 1. The van der Waals surface area contributed by atoms with Gasteiger partial charge in [-0.15, -0.1) is 0 Å². The highest BCUT2D eigenvalue weighted by molar-refractivity contribution is 7.93. The van der Waals surface area contributed by atoms with Crippen molar-refractivity contribution in [1.82, 2.24) is 0 Å². The van der Waals surface area contributed by atoms with E-state index in [-0.39, 0.29) is 4.90 Å². The first kappa shape index (κ1) is 24.4. The van der Waals surface area contributed by atoms with E-state index in [0.29, 0.717) is 34.1 Å². The summed E-state index contributed by atoms with van der Waals surface area (Å²) in [6, 6.07) is 18.7. The number of amides is 1. The third-order valence-corrected chi connectivity index (χ3v) is 7.30. The first-order valence-electron chi connectivity index (χ1n) is 11.4. The first-order valence-corrected chi connectivity index (χ1v) is 12.9. The first-order chi connectivity index (χ1) is 16.9. The highest BCUT2D eigenvalue weighted by atomic mass is 32.2. The van der Waals surface area contributed by atoms with Crippen LogP contribution in [0, 0.1) is 0 Å². The minimum absolute atomic E-state index is 0.0862. The summed E-state index contributed by atoms with van der Waals surface area (Å²) in [5.74, 6) is 0.450. The van der Waals surface area contributed by atoms with E-state index in [0.717, 1.165) is 32.4 Å². The molecule has 3 aromatic carbocycles. The maximum atomic E-state index is 13.6. The van der Waals surface area contributed by atoms with E-state index in [1.807, 2.05) is 0 Å². The molecule has 0 radical (unpaired) electrons. The molecule has 1 amide bonds. The number of hydrogen-bond acceptors (Lipinski definition) is 6. The average Bonchev–Trinajstić information content (AvgIpc) is 2.89. The summed E-state index contributed by atoms with van der Waals surface area (Å²) in [6.07, 6.45) is 3.10. The third kappa shape index (κ3) is 5.51. The fraction of sp³-hybridized carbons (Fsp3) is 0.269. The molecule has 184 valence electrons. The number of methoxy groups -OCH3 is 2. The molecule has 9 heteroatoms. The van der Waals surface area contributed by atoms with Gasteiger partial charge in [-0.3, -0.25) is 9.52 Å². The molecule has 2 N–H and O–H groups in total. The number of hydrogen-bond donors (Lipinski definition) is 2. The second-order valence-electron chi connectivity index (χ2n) is 8.19. The molecule has 1 aliphatic heterocycles. The lowest BCUT2D eigenvalue weighted by atomic mass is 10.1. The molecule has 8 nitrogen and oxygen atoms in total. The second-order valence-corrected chi connectivity index (χ2v) is 9.84. The summed E-state index contributed by atoms with van der Waals surface area (Å²) in [6.45, 7) is 1.54. The van der Waals surface area contributed by atoms with E-state index >= 15 is 0 Å². The second kappa shape index (κ2) is 10.7. The zero-order valence-electron chi connectivity index (χ0n) is 19.8. The Balaban J connectivity index is 1.71. The minimum atomic E-state index is -4.01. The summed E-state index contributed by atoms with van der Waals surface area (Å²) in [5, 5.41) is 2.81. The van der Waals surface area contributed by atoms with Crippen LogP contribution in [0.4, 0.5) is 17.1 Å². The third-order valence-electron chi connectivity index (χ3n) is 5.91. The summed E-state index contributed by atoms with van der Waals surface area (Å²) in [4.78, 5) is 15.1. The van der Waals surface area contributed by atoms with Crippen molar-refractivity contribution in [1.29, 1.82) is 0 Å². The molecule has 0 bridgehead atoms. The normalized spacial score (nSPS) is 13.7. The molecule has 4 rings (SSSR count). The summed E-state index contributed by atoms with van der Waals surface area (Å²) in [7, 11) is -1.03. The van der Waals surface area contributed by atoms with E-state index in [1.54, 1.807) is 60.7 Å². The average molecular weight is 496 g/mol. The Bertz CT molecular complexity index is 1300. The summed E-state index contributed by atoms with van der Waals surface area (Å²) < 4.78 is 40.5. The molecular formula is C26H29N3O5S. The van der Waals surface area contributed by atoms with Gasteiger partial charge in [0.25, 0.3) is 15.9 Å². The van der Waals surface area contributed by atoms with Gasteiger partial charge in [0, 0.05) is 18.8 Å². The molecule has 0 unspecified atom stereocenters. The number of carbonyl (C=O) groups excluding carboxylic acids is 1. The number of nitrogens with one attached hydrogen (secondary N) is 2. The zero-order valence-corrected chi connectivity index (χ0v) is 20.6. The van der Waals surface area contributed by atoms with Crippen molar-refractivity contribution in [3.63, 3.8) is 0 Å². The largest absolute Gasteiger partial charge is 0.496 e. The molecule has 1 aliphatic rings. The van der Waals surface area contributed by atoms with E-state index < -0.39 is 15.9 Å². The van der Waals surface area contributed by atoms with Crippen LogP contribution in [0.15, 0.2) is 71.6 Å². The predicted molar refractivity (Wildman–Crippen MR) is 137 cm³/mol. The maximum absolute atomic E-state index is 13.6. The Morgan fingerprint density at radius 1 is 0.857 bits per heavy atom. The van der Waals surface area contributed by atoms with Gasteiger partial charge in [0.1, 0.15) is 16.4 Å². The molecule has 0 spiro atoms. The van der Waals surface area contributed by atoms with Gasteiger partial charge in [-0.25, -0.2) is 8.42 Å². The van der Waals surface area contributed by atoms with E-state index in [2.05, 4.69) is 14.9 Å². The molecule has 0 aliphatic carbocycles. The molecule has 1 heterocycles. The van der Waals surface area contributed by atoms with E-state index in [1.165, 1.54) is 20.3 Å². The molecule has 0 saturated carbocycles. The van der Waals surface area contributed by atoms with Gasteiger partial charge in [0.05, 0.1) is 31.2 Å². The Kier molecular flexibility index (Phi) is 7.45. The van der Waals surface area contributed by atoms with Crippen molar-refractivity contribution in [2.75, 3.05) is 42.2 Å². The highest BCUT2D eigenvalue weighted by Crippen LogP contribution is 2.34. The van der Waals surface area contributed by atoms with Crippen molar-refractivity contribution in [3.05, 3.63) is 72.3 Å². The van der Waals surface area contributed by atoms with Crippen molar-refractivity contribution < 1.29 is 22.7 Å². The number of carbonyl (C=O) groups is 1. The van der Waals surface area contributed by atoms with E-state index in [9.17, 15) is 13.2 Å². The van der Waals surface area contributed by atoms with Crippen LogP contribution >= 0.6 is 0 Å². The van der Waals surface area contributed by atoms with Gasteiger partial charge in [-0.05, 0) is 61.7 Å². The van der Waals surface area contributed by atoms with Crippen LogP contribution in [0.2, 0.25) is 0 Å². The molecule has 0 aromatic heterocycles. The van der Waals surface area contributed by atoms with Crippen LogP contribution in [-0.2, 0) is 10.0 Å². The number of nitrogens with zero attached hydrogens (tertiary/aromatic N) is 1. The van der Waals surface area contributed by atoms with Crippen molar-refractivity contribution in [3.8, 4) is 11.5 Å². The standard InChI is InChI=1S/C26H29N3O5S/c1-33-23-12-6-4-10-20(23)26(30)27-19-14-15-22(29-16-8-3-9-17-29)25(18-19)35(31,32)28-21-11-5-7-13-24(21)34-2/h4-7,10-15,18,28H,3,8-9,16-17H2,1-2H3,(H,27,30). The topological polar surface area (TPSA) is 97.0 Å². The molecule has 3 aromatic rings.